The highest BCUT2D eigenvalue weighted by Crippen LogP contribution is 2.21. The second-order valence-corrected chi connectivity index (χ2v) is 5.54. The van der Waals surface area contributed by atoms with Gasteiger partial charge in [0.15, 0.2) is 0 Å². The fraction of sp³-hybridized carbons (Fsp3) is 0.875. The zero-order chi connectivity index (χ0) is 12.3. The van der Waals surface area contributed by atoms with Crippen LogP contribution in [0.15, 0.2) is 11.6 Å². The van der Waals surface area contributed by atoms with Gasteiger partial charge >= 0.3 is 0 Å². The van der Waals surface area contributed by atoms with Crippen molar-refractivity contribution in [3.8, 4) is 0 Å². The van der Waals surface area contributed by atoms with E-state index in [-0.39, 0.29) is 0 Å². The van der Waals surface area contributed by atoms with Gasteiger partial charge in [0.2, 0.25) is 0 Å². The molecule has 1 aliphatic rings. The molecule has 0 amide bonds. The molecule has 0 saturated heterocycles. The summed E-state index contributed by atoms with van der Waals surface area (Å²) < 4.78 is 0. The molecule has 0 saturated carbocycles. The molecular formula is C16H31N. The van der Waals surface area contributed by atoms with Crippen molar-refractivity contribution in [2.45, 2.75) is 90.0 Å². The van der Waals surface area contributed by atoms with E-state index >= 15 is 0 Å². The Morgan fingerprint density at radius 3 is 2.65 bits per heavy atom. The minimum Gasteiger partial charge on any atom is -0.324 e. The van der Waals surface area contributed by atoms with Gasteiger partial charge in [-0.05, 0) is 32.1 Å². The molecule has 1 aliphatic carbocycles. The minimum absolute atomic E-state index is 0.356. The molecule has 0 heterocycles. The molecule has 0 aromatic heterocycles. The van der Waals surface area contributed by atoms with Gasteiger partial charge in [0.05, 0.1) is 0 Å². The molecule has 0 bridgehead atoms. The van der Waals surface area contributed by atoms with Gasteiger partial charge in [0, 0.05) is 6.04 Å². The lowest BCUT2D eigenvalue weighted by Crippen LogP contribution is -2.23. The smallest absolute Gasteiger partial charge is 0.0253 e. The quantitative estimate of drug-likeness (QED) is 0.492. The number of hydrogen-bond acceptors (Lipinski definition) is 1. The van der Waals surface area contributed by atoms with Crippen molar-refractivity contribution in [2.24, 2.45) is 5.73 Å². The molecule has 0 spiro atoms. The van der Waals surface area contributed by atoms with Gasteiger partial charge in [-0.2, -0.15) is 0 Å². The van der Waals surface area contributed by atoms with Crippen molar-refractivity contribution in [1.82, 2.24) is 0 Å². The number of unbranched alkanes of at least 4 members (excludes halogenated alkanes) is 4. The van der Waals surface area contributed by atoms with E-state index in [1.807, 2.05) is 0 Å². The maximum atomic E-state index is 6.32. The van der Waals surface area contributed by atoms with Crippen LogP contribution in [0.5, 0.6) is 0 Å². The topological polar surface area (TPSA) is 26.0 Å². The molecule has 100 valence electrons. The Labute approximate surface area is 108 Å². The first-order chi connectivity index (χ1) is 8.34. The van der Waals surface area contributed by atoms with E-state index in [4.69, 9.17) is 5.73 Å². The van der Waals surface area contributed by atoms with E-state index in [1.165, 1.54) is 77.0 Å². The number of rotatable bonds is 7. The average molecular weight is 237 g/mol. The Balaban J connectivity index is 2.18. The lowest BCUT2D eigenvalue weighted by molar-refractivity contribution is 0.544. The van der Waals surface area contributed by atoms with E-state index in [2.05, 4.69) is 13.0 Å². The van der Waals surface area contributed by atoms with Crippen molar-refractivity contribution in [3.05, 3.63) is 11.6 Å². The molecule has 1 unspecified atom stereocenters. The van der Waals surface area contributed by atoms with Gasteiger partial charge in [-0.3, -0.25) is 0 Å². The highest BCUT2D eigenvalue weighted by molar-refractivity contribution is 5.10. The maximum Gasteiger partial charge on any atom is 0.0253 e. The molecule has 1 atom stereocenters. The summed E-state index contributed by atoms with van der Waals surface area (Å²) in [6.07, 6.45) is 18.5. The summed E-state index contributed by atoms with van der Waals surface area (Å²) >= 11 is 0. The van der Waals surface area contributed by atoms with E-state index < -0.39 is 0 Å². The lowest BCUT2D eigenvalue weighted by Gasteiger charge is -2.18. The van der Waals surface area contributed by atoms with E-state index in [9.17, 15) is 0 Å². The summed E-state index contributed by atoms with van der Waals surface area (Å²) in [4.78, 5) is 0. The van der Waals surface area contributed by atoms with Crippen LogP contribution in [-0.2, 0) is 0 Å². The first-order valence-electron chi connectivity index (χ1n) is 7.79. The zero-order valence-corrected chi connectivity index (χ0v) is 11.7. The molecule has 0 aliphatic heterocycles. The highest BCUT2D eigenvalue weighted by atomic mass is 14.6. The summed E-state index contributed by atoms with van der Waals surface area (Å²) in [5.74, 6) is 0. The molecular weight excluding hydrogens is 206 g/mol. The lowest BCUT2D eigenvalue weighted by atomic mass is 9.92. The van der Waals surface area contributed by atoms with Crippen LogP contribution in [0, 0.1) is 0 Å². The van der Waals surface area contributed by atoms with Crippen molar-refractivity contribution in [3.63, 3.8) is 0 Å². The molecule has 1 nitrogen and oxygen atoms in total. The first-order valence-corrected chi connectivity index (χ1v) is 7.79. The second kappa shape index (κ2) is 9.70. The predicted octanol–water partition coefficient (Wildman–Crippen LogP) is 4.95. The van der Waals surface area contributed by atoms with Crippen molar-refractivity contribution >= 4 is 0 Å². The van der Waals surface area contributed by atoms with Crippen LogP contribution < -0.4 is 5.73 Å². The summed E-state index contributed by atoms with van der Waals surface area (Å²) in [5.41, 5.74) is 7.87. The second-order valence-electron chi connectivity index (χ2n) is 5.54. The molecule has 2 N–H and O–H groups in total. The molecule has 1 rings (SSSR count). The Hall–Kier alpha value is -0.300. The summed E-state index contributed by atoms with van der Waals surface area (Å²) in [6.45, 7) is 2.27. The molecule has 0 aromatic rings. The van der Waals surface area contributed by atoms with Gasteiger partial charge in [-0.25, -0.2) is 0 Å². The molecule has 17 heavy (non-hydrogen) atoms. The third kappa shape index (κ3) is 6.88. The maximum absolute atomic E-state index is 6.32. The van der Waals surface area contributed by atoms with Crippen LogP contribution in [0.2, 0.25) is 0 Å². The highest BCUT2D eigenvalue weighted by Gasteiger charge is 2.10. The van der Waals surface area contributed by atoms with E-state index in [1.54, 1.807) is 5.57 Å². The van der Waals surface area contributed by atoms with Gasteiger partial charge in [-0.1, -0.05) is 63.5 Å². The Kier molecular flexibility index (Phi) is 8.42. The Bertz CT molecular complexity index is 208. The zero-order valence-electron chi connectivity index (χ0n) is 11.7. The summed E-state index contributed by atoms with van der Waals surface area (Å²) in [7, 11) is 0. The van der Waals surface area contributed by atoms with Gasteiger partial charge in [-0.15, -0.1) is 0 Å². The summed E-state index contributed by atoms with van der Waals surface area (Å²) in [6, 6.07) is 0.356. The van der Waals surface area contributed by atoms with Crippen molar-refractivity contribution in [1.29, 1.82) is 0 Å². The third-order valence-corrected chi connectivity index (χ3v) is 3.92. The first kappa shape index (κ1) is 14.8. The molecule has 0 aromatic carbocycles. The number of nitrogens with two attached hydrogens (primary N) is 1. The molecule has 0 fully saturated rings. The molecule has 0 radical (unpaired) electrons. The normalized spacial score (nSPS) is 19.3. The van der Waals surface area contributed by atoms with Gasteiger partial charge in [0.1, 0.15) is 0 Å². The Morgan fingerprint density at radius 2 is 1.82 bits per heavy atom. The fourth-order valence-corrected chi connectivity index (χ4v) is 2.71. The van der Waals surface area contributed by atoms with Crippen LogP contribution in [0.4, 0.5) is 0 Å². The SMILES string of the molecule is CCCCCCCC(N)C1=CCCCCCC1. The standard InChI is InChI=1S/C16H31N/c1-2-3-4-6-11-14-16(17)15-12-9-7-5-8-10-13-15/h12,16H,2-11,13-14,17H2,1H3. The summed E-state index contributed by atoms with van der Waals surface area (Å²) in [5, 5.41) is 0. The fourth-order valence-electron chi connectivity index (χ4n) is 2.71. The van der Waals surface area contributed by atoms with Crippen LogP contribution >= 0.6 is 0 Å². The average Bonchev–Trinajstić information content (AvgIpc) is 2.28. The Morgan fingerprint density at radius 1 is 1.06 bits per heavy atom. The van der Waals surface area contributed by atoms with Crippen LogP contribution in [0.25, 0.3) is 0 Å². The number of hydrogen-bond donors (Lipinski definition) is 1. The van der Waals surface area contributed by atoms with E-state index in [0.717, 1.165) is 0 Å². The van der Waals surface area contributed by atoms with Crippen molar-refractivity contribution < 1.29 is 0 Å². The van der Waals surface area contributed by atoms with Gasteiger partial charge in [0.25, 0.3) is 0 Å². The molecule has 1 heteroatoms. The van der Waals surface area contributed by atoms with Crippen molar-refractivity contribution in [2.75, 3.05) is 0 Å². The minimum atomic E-state index is 0.356. The predicted molar refractivity (Wildman–Crippen MR) is 77.1 cm³/mol. The van der Waals surface area contributed by atoms with Crippen LogP contribution in [0.1, 0.15) is 84.0 Å². The van der Waals surface area contributed by atoms with E-state index in [0.29, 0.717) is 6.04 Å². The monoisotopic (exact) mass is 237 g/mol. The van der Waals surface area contributed by atoms with Crippen LogP contribution in [0.3, 0.4) is 0 Å². The number of allylic oxidation sites excluding steroid dienone is 1. The third-order valence-electron chi connectivity index (χ3n) is 3.92. The van der Waals surface area contributed by atoms with Crippen LogP contribution in [-0.4, -0.2) is 6.04 Å². The van der Waals surface area contributed by atoms with Gasteiger partial charge < -0.3 is 5.73 Å². The largest absolute Gasteiger partial charge is 0.324 e.